The first-order valence-corrected chi connectivity index (χ1v) is 10.00. The molecule has 2 fully saturated rings. The Morgan fingerprint density at radius 2 is 1.89 bits per heavy atom. The SMILES string of the molecule is COc1ccc(CN2CCC(C#N)CC2)cc1OCC(O)CN1CCCC1. The lowest BCUT2D eigenvalue weighted by Crippen LogP contribution is -2.33. The van der Waals surface area contributed by atoms with Gasteiger partial charge in [-0.05, 0) is 69.6 Å². The van der Waals surface area contributed by atoms with Crippen molar-refractivity contribution in [3.8, 4) is 17.6 Å². The summed E-state index contributed by atoms with van der Waals surface area (Å²) in [5.74, 6) is 1.57. The Bertz CT molecular complexity index is 632. The number of hydrogen-bond donors (Lipinski definition) is 1. The molecule has 0 radical (unpaired) electrons. The molecule has 148 valence electrons. The third-order valence-electron chi connectivity index (χ3n) is 5.50. The van der Waals surface area contributed by atoms with Gasteiger partial charge >= 0.3 is 0 Å². The van der Waals surface area contributed by atoms with Crippen LogP contribution in [0.5, 0.6) is 11.5 Å². The molecule has 1 aromatic rings. The zero-order valence-corrected chi connectivity index (χ0v) is 16.3. The average molecular weight is 373 g/mol. The van der Waals surface area contributed by atoms with Crippen LogP contribution in [0, 0.1) is 17.2 Å². The molecule has 27 heavy (non-hydrogen) atoms. The first-order chi connectivity index (χ1) is 13.2. The van der Waals surface area contributed by atoms with E-state index in [9.17, 15) is 5.11 Å². The smallest absolute Gasteiger partial charge is 0.161 e. The molecule has 1 atom stereocenters. The molecule has 3 rings (SSSR count). The largest absolute Gasteiger partial charge is 0.493 e. The zero-order chi connectivity index (χ0) is 19.1. The van der Waals surface area contributed by atoms with Crippen molar-refractivity contribution >= 4 is 0 Å². The van der Waals surface area contributed by atoms with E-state index < -0.39 is 6.10 Å². The van der Waals surface area contributed by atoms with Gasteiger partial charge in [0.25, 0.3) is 0 Å². The molecule has 6 nitrogen and oxygen atoms in total. The molecule has 6 heteroatoms. The molecule has 0 spiro atoms. The zero-order valence-electron chi connectivity index (χ0n) is 16.3. The summed E-state index contributed by atoms with van der Waals surface area (Å²) < 4.78 is 11.3. The van der Waals surface area contributed by atoms with E-state index in [1.165, 1.54) is 12.8 Å². The second kappa shape index (κ2) is 9.93. The van der Waals surface area contributed by atoms with Crippen molar-refractivity contribution in [2.75, 3.05) is 46.4 Å². The first kappa shape index (κ1) is 19.9. The van der Waals surface area contributed by atoms with Crippen molar-refractivity contribution in [2.45, 2.75) is 38.3 Å². The van der Waals surface area contributed by atoms with Crippen LogP contribution in [0.4, 0.5) is 0 Å². The summed E-state index contributed by atoms with van der Waals surface area (Å²) in [5.41, 5.74) is 1.16. The molecule has 2 aliphatic heterocycles. The van der Waals surface area contributed by atoms with Crippen LogP contribution in [0.25, 0.3) is 0 Å². The highest BCUT2D eigenvalue weighted by atomic mass is 16.5. The van der Waals surface area contributed by atoms with Crippen LogP contribution in [0.3, 0.4) is 0 Å². The van der Waals surface area contributed by atoms with Gasteiger partial charge in [0.1, 0.15) is 12.7 Å². The number of ether oxygens (including phenoxy) is 2. The number of nitriles is 1. The van der Waals surface area contributed by atoms with E-state index in [0.29, 0.717) is 18.0 Å². The fraction of sp³-hybridized carbons (Fsp3) is 0.667. The molecule has 0 bridgehead atoms. The molecule has 2 aliphatic rings. The van der Waals surface area contributed by atoms with Crippen molar-refractivity contribution in [2.24, 2.45) is 5.92 Å². The fourth-order valence-electron chi connectivity index (χ4n) is 3.91. The molecular formula is C21H31N3O3. The van der Waals surface area contributed by atoms with E-state index in [1.807, 2.05) is 12.1 Å². The lowest BCUT2D eigenvalue weighted by atomic mass is 9.98. The maximum atomic E-state index is 10.3. The summed E-state index contributed by atoms with van der Waals surface area (Å²) in [5, 5.41) is 19.3. The maximum absolute atomic E-state index is 10.3. The Kier molecular flexibility index (Phi) is 7.33. The Balaban J connectivity index is 1.54. The van der Waals surface area contributed by atoms with Crippen LogP contribution in [0.15, 0.2) is 18.2 Å². The van der Waals surface area contributed by atoms with Crippen LogP contribution in [-0.4, -0.2) is 67.5 Å². The van der Waals surface area contributed by atoms with Gasteiger partial charge in [-0.3, -0.25) is 4.90 Å². The van der Waals surface area contributed by atoms with E-state index in [2.05, 4.69) is 21.9 Å². The second-order valence-corrected chi connectivity index (χ2v) is 7.64. The van der Waals surface area contributed by atoms with Crippen molar-refractivity contribution in [3.63, 3.8) is 0 Å². The van der Waals surface area contributed by atoms with Gasteiger partial charge in [0.2, 0.25) is 0 Å². The fourth-order valence-corrected chi connectivity index (χ4v) is 3.91. The summed E-state index contributed by atoms with van der Waals surface area (Å²) in [6.07, 6.45) is 3.82. The van der Waals surface area contributed by atoms with Gasteiger partial charge in [-0.1, -0.05) is 6.07 Å². The molecule has 0 aromatic heterocycles. The third-order valence-corrected chi connectivity index (χ3v) is 5.50. The van der Waals surface area contributed by atoms with Crippen molar-refractivity contribution in [3.05, 3.63) is 23.8 Å². The molecule has 1 aromatic carbocycles. The standard InChI is InChI=1S/C21H31N3O3/c1-26-20-5-4-18(14-24-10-6-17(13-22)7-11-24)12-21(20)27-16-19(25)15-23-8-2-3-9-23/h4-5,12,17,19,25H,2-3,6-11,14-16H2,1H3. The Morgan fingerprint density at radius 1 is 1.15 bits per heavy atom. The topological polar surface area (TPSA) is 69.0 Å². The van der Waals surface area contributed by atoms with Crippen LogP contribution in [0.1, 0.15) is 31.2 Å². The van der Waals surface area contributed by atoms with Crippen LogP contribution < -0.4 is 9.47 Å². The van der Waals surface area contributed by atoms with Gasteiger partial charge in [-0.15, -0.1) is 0 Å². The minimum atomic E-state index is -0.499. The summed E-state index contributed by atoms with van der Waals surface area (Å²) in [6, 6.07) is 8.38. The molecule has 0 saturated carbocycles. The lowest BCUT2D eigenvalue weighted by molar-refractivity contribution is 0.0746. The number of aliphatic hydroxyl groups excluding tert-OH is 1. The summed E-state index contributed by atoms with van der Waals surface area (Å²) in [4.78, 5) is 4.66. The number of hydrogen-bond acceptors (Lipinski definition) is 6. The Hall–Kier alpha value is -1.81. The van der Waals surface area contributed by atoms with Gasteiger partial charge < -0.3 is 19.5 Å². The van der Waals surface area contributed by atoms with Crippen molar-refractivity contribution < 1.29 is 14.6 Å². The average Bonchev–Trinajstić information content (AvgIpc) is 3.20. The summed E-state index contributed by atoms with van der Waals surface area (Å²) in [7, 11) is 1.63. The van der Waals surface area contributed by atoms with Gasteiger partial charge in [0.15, 0.2) is 11.5 Å². The minimum Gasteiger partial charge on any atom is -0.493 e. The van der Waals surface area contributed by atoms with Gasteiger partial charge in [-0.25, -0.2) is 0 Å². The van der Waals surface area contributed by atoms with Crippen molar-refractivity contribution in [1.82, 2.24) is 9.80 Å². The van der Waals surface area contributed by atoms with E-state index in [4.69, 9.17) is 14.7 Å². The van der Waals surface area contributed by atoms with E-state index >= 15 is 0 Å². The molecule has 1 N–H and O–H groups in total. The Morgan fingerprint density at radius 3 is 2.56 bits per heavy atom. The second-order valence-electron chi connectivity index (χ2n) is 7.64. The van der Waals surface area contributed by atoms with Crippen LogP contribution in [0.2, 0.25) is 0 Å². The minimum absolute atomic E-state index is 0.202. The highest BCUT2D eigenvalue weighted by molar-refractivity contribution is 5.43. The summed E-state index contributed by atoms with van der Waals surface area (Å²) >= 11 is 0. The van der Waals surface area contributed by atoms with Gasteiger partial charge in [-0.2, -0.15) is 5.26 Å². The molecule has 0 aliphatic carbocycles. The van der Waals surface area contributed by atoms with Crippen molar-refractivity contribution in [1.29, 1.82) is 5.26 Å². The molecule has 2 saturated heterocycles. The molecule has 1 unspecified atom stereocenters. The van der Waals surface area contributed by atoms with E-state index in [1.54, 1.807) is 7.11 Å². The predicted octanol–water partition coefficient (Wildman–Crippen LogP) is 2.27. The number of likely N-dealkylation sites (tertiary alicyclic amines) is 2. The normalized spacial score (nSPS) is 20.3. The number of piperidine rings is 1. The predicted molar refractivity (Wildman–Crippen MR) is 104 cm³/mol. The Labute approximate surface area is 162 Å². The van der Waals surface area contributed by atoms with Gasteiger partial charge in [0, 0.05) is 19.0 Å². The number of nitrogens with zero attached hydrogens (tertiary/aromatic N) is 3. The monoisotopic (exact) mass is 373 g/mol. The number of β-amino-alcohol motifs (C(OH)–C–C–N with tert-alkyl or cyclic N) is 1. The van der Waals surface area contributed by atoms with E-state index in [-0.39, 0.29) is 12.5 Å². The summed E-state index contributed by atoms with van der Waals surface area (Å²) in [6.45, 7) is 5.81. The lowest BCUT2D eigenvalue weighted by Gasteiger charge is -2.29. The molecular weight excluding hydrogens is 342 g/mol. The first-order valence-electron chi connectivity index (χ1n) is 10.00. The highest BCUT2D eigenvalue weighted by Crippen LogP contribution is 2.29. The highest BCUT2D eigenvalue weighted by Gasteiger charge is 2.20. The number of aliphatic hydroxyl groups is 1. The van der Waals surface area contributed by atoms with Gasteiger partial charge in [0.05, 0.1) is 13.2 Å². The molecule has 0 amide bonds. The maximum Gasteiger partial charge on any atom is 0.161 e. The third kappa shape index (κ3) is 5.83. The number of methoxy groups -OCH3 is 1. The molecule has 2 heterocycles. The quantitative estimate of drug-likeness (QED) is 0.754. The number of benzene rings is 1. The number of rotatable bonds is 8. The van der Waals surface area contributed by atoms with E-state index in [0.717, 1.165) is 51.1 Å². The van der Waals surface area contributed by atoms with Crippen LogP contribution >= 0.6 is 0 Å². The van der Waals surface area contributed by atoms with Crippen LogP contribution in [-0.2, 0) is 6.54 Å².